The lowest BCUT2D eigenvalue weighted by molar-refractivity contribution is 0.104. The highest BCUT2D eigenvalue weighted by atomic mass is 16.5. The SMILES string of the molecule is CCCOc1c(C=CC(=O)c2ccc(NC)cc2)cc(CC)c(O)c1CC. The number of rotatable bonds is 9. The van der Waals surface area contributed by atoms with Crippen molar-refractivity contribution in [1.82, 2.24) is 0 Å². The van der Waals surface area contributed by atoms with Crippen LogP contribution in [-0.4, -0.2) is 24.5 Å². The Kier molecular flexibility index (Phi) is 7.47. The Labute approximate surface area is 161 Å². The highest BCUT2D eigenvalue weighted by molar-refractivity contribution is 6.07. The second kappa shape index (κ2) is 9.81. The first kappa shape index (κ1) is 20.6. The van der Waals surface area contributed by atoms with Crippen LogP contribution in [0.2, 0.25) is 0 Å². The second-order valence-corrected chi connectivity index (χ2v) is 6.36. The minimum absolute atomic E-state index is 0.0664. The summed E-state index contributed by atoms with van der Waals surface area (Å²) in [5, 5.41) is 13.6. The lowest BCUT2D eigenvalue weighted by atomic mass is 9.98. The third-order valence-electron chi connectivity index (χ3n) is 4.51. The third kappa shape index (κ3) is 4.91. The van der Waals surface area contributed by atoms with Gasteiger partial charge in [-0.15, -0.1) is 0 Å². The predicted octanol–water partition coefficient (Wildman–Crippen LogP) is 5.24. The van der Waals surface area contributed by atoms with E-state index in [1.807, 2.05) is 46.0 Å². The molecule has 0 radical (unpaired) electrons. The number of phenols is 1. The topological polar surface area (TPSA) is 58.6 Å². The van der Waals surface area contributed by atoms with Gasteiger partial charge >= 0.3 is 0 Å². The summed E-state index contributed by atoms with van der Waals surface area (Å²) < 4.78 is 5.93. The normalized spacial score (nSPS) is 11.0. The van der Waals surface area contributed by atoms with Gasteiger partial charge in [-0.3, -0.25) is 4.79 Å². The molecular weight excluding hydrogens is 338 g/mol. The first-order valence-electron chi connectivity index (χ1n) is 9.56. The number of ether oxygens (including phenoxy) is 1. The van der Waals surface area contributed by atoms with Gasteiger partial charge in [-0.25, -0.2) is 0 Å². The summed E-state index contributed by atoms with van der Waals surface area (Å²) in [6, 6.07) is 9.27. The molecule has 0 aromatic heterocycles. The molecule has 0 amide bonds. The zero-order valence-electron chi connectivity index (χ0n) is 16.6. The van der Waals surface area contributed by atoms with Crippen LogP contribution in [-0.2, 0) is 12.8 Å². The van der Waals surface area contributed by atoms with Crippen LogP contribution in [0.15, 0.2) is 36.4 Å². The van der Waals surface area contributed by atoms with Gasteiger partial charge < -0.3 is 15.2 Å². The first-order valence-corrected chi connectivity index (χ1v) is 9.56. The summed E-state index contributed by atoms with van der Waals surface area (Å²) in [4.78, 5) is 12.5. The minimum atomic E-state index is -0.0664. The molecule has 0 saturated carbocycles. The number of hydrogen-bond acceptors (Lipinski definition) is 4. The van der Waals surface area contributed by atoms with E-state index in [-0.39, 0.29) is 5.78 Å². The maximum absolute atomic E-state index is 12.5. The average Bonchev–Trinajstić information content (AvgIpc) is 2.71. The summed E-state index contributed by atoms with van der Waals surface area (Å²) in [5.41, 5.74) is 4.08. The van der Waals surface area contributed by atoms with Crippen molar-refractivity contribution in [3.05, 3.63) is 58.7 Å². The van der Waals surface area contributed by atoms with E-state index in [0.717, 1.165) is 28.8 Å². The molecule has 2 N–H and O–H groups in total. The molecular formula is C23H29NO3. The number of nitrogens with one attached hydrogen (secondary N) is 1. The summed E-state index contributed by atoms with van der Waals surface area (Å²) >= 11 is 0. The molecule has 0 fully saturated rings. The molecule has 0 spiro atoms. The van der Waals surface area contributed by atoms with Crippen LogP contribution in [0.25, 0.3) is 6.08 Å². The Hall–Kier alpha value is -2.75. The van der Waals surface area contributed by atoms with Gasteiger partial charge in [0.1, 0.15) is 11.5 Å². The molecule has 0 heterocycles. The maximum Gasteiger partial charge on any atom is 0.185 e. The van der Waals surface area contributed by atoms with Crippen LogP contribution < -0.4 is 10.1 Å². The van der Waals surface area contributed by atoms with Crippen molar-refractivity contribution in [3.63, 3.8) is 0 Å². The maximum atomic E-state index is 12.5. The Morgan fingerprint density at radius 2 is 1.85 bits per heavy atom. The number of allylic oxidation sites excluding steroid dienone is 1. The number of aryl methyl sites for hydroxylation is 1. The van der Waals surface area contributed by atoms with Gasteiger partial charge in [-0.05, 0) is 67.3 Å². The van der Waals surface area contributed by atoms with Crippen LogP contribution in [0.3, 0.4) is 0 Å². The molecule has 2 aromatic carbocycles. The first-order chi connectivity index (χ1) is 13.0. The van der Waals surface area contributed by atoms with Crippen molar-refractivity contribution in [1.29, 1.82) is 0 Å². The minimum Gasteiger partial charge on any atom is -0.507 e. The standard InChI is InChI=1S/C23H29NO3/c1-5-14-27-23-18(15-16(6-2)22(26)20(23)7-3)10-13-21(25)17-8-11-19(24-4)12-9-17/h8-13,15,24,26H,5-7,14H2,1-4H3. The van der Waals surface area contributed by atoms with Gasteiger partial charge in [0.05, 0.1) is 6.61 Å². The van der Waals surface area contributed by atoms with E-state index in [4.69, 9.17) is 4.74 Å². The van der Waals surface area contributed by atoms with Crippen LogP contribution in [0.5, 0.6) is 11.5 Å². The van der Waals surface area contributed by atoms with Gasteiger partial charge in [-0.1, -0.05) is 20.8 Å². The van der Waals surface area contributed by atoms with Crippen molar-refractivity contribution in [2.24, 2.45) is 0 Å². The lowest BCUT2D eigenvalue weighted by Gasteiger charge is -2.17. The highest BCUT2D eigenvalue weighted by Gasteiger charge is 2.16. The van der Waals surface area contributed by atoms with Crippen LogP contribution in [0.1, 0.15) is 54.2 Å². The molecule has 0 unspecified atom stereocenters. The molecule has 27 heavy (non-hydrogen) atoms. The van der Waals surface area contributed by atoms with E-state index in [1.165, 1.54) is 0 Å². The monoisotopic (exact) mass is 367 g/mol. The largest absolute Gasteiger partial charge is 0.507 e. The van der Waals surface area contributed by atoms with E-state index in [0.29, 0.717) is 36.5 Å². The number of hydrogen-bond donors (Lipinski definition) is 2. The molecule has 4 heteroatoms. The Morgan fingerprint density at radius 3 is 2.41 bits per heavy atom. The average molecular weight is 367 g/mol. The molecule has 0 aliphatic heterocycles. The fraction of sp³-hybridized carbons (Fsp3) is 0.348. The van der Waals surface area contributed by atoms with Crippen molar-refractivity contribution < 1.29 is 14.6 Å². The zero-order valence-corrected chi connectivity index (χ0v) is 16.6. The molecule has 0 aliphatic carbocycles. The number of carbonyl (C=O) groups excluding carboxylic acids is 1. The Balaban J connectivity index is 2.39. The van der Waals surface area contributed by atoms with E-state index in [9.17, 15) is 9.90 Å². The third-order valence-corrected chi connectivity index (χ3v) is 4.51. The lowest BCUT2D eigenvalue weighted by Crippen LogP contribution is -2.03. The van der Waals surface area contributed by atoms with Crippen LogP contribution in [0, 0.1) is 0 Å². The number of benzene rings is 2. The van der Waals surface area contributed by atoms with Crippen molar-refractivity contribution in [2.75, 3.05) is 19.0 Å². The van der Waals surface area contributed by atoms with Crippen LogP contribution >= 0.6 is 0 Å². The van der Waals surface area contributed by atoms with Crippen molar-refractivity contribution in [3.8, 4) is 11.5 Å². The van der Waals surface area contributed by atoms with E-state index in [1.54, 1.807) is 24.3 Å². The molecule has 0 aliphatic rings. The van der Waals surface area contributed by atoms with Gasteiger partial charge in [0.15, 0.2) is 5.78 Å². The summed E-state index contributed by atoms with van der Waals surface area (Å²) in [5.74, 6) is 0.907. The molecule has 0 saturated heterocycles. The smallest absolute Gasteiger partial charge is 0.185 e. The van der Waals surface area contributed by atoms with Crippen LogP contribution in [0.4, 0.5) is 5.69 Å². The predicted molar refractivity (Wildman–Crippen MR) is 112 cm³/mol. The zero-order chi connectivity index (χ0) is 19.8. The highest BCUT2D eigenvalue weighted by Crippen LogP contribution is 2.37. The Bertz CT molecular complexity index is 807. The summed E-state index contributed by atoms with van der Waals surface area (Å²) in [6.45, 7) is 6.61. The number of carbonyl (C=O) groups is 1. The fourth-order valence-electron chi connectivity index (χ4n) is 2.96. The molecule has 4 nitrogen and oxygen atoms in total. The van der Waals surface area contributed by atoms with Gasteiger partial charge in [0.2, 0.25) is 0 Å². The summed E-state index contributed by atoms with van der Waals surface area (Å²) in [7, 11) is 1.84. The van der Waals surface area contributed by atoms with Gasteiger partial charge in [0, 0.05) is 29.4 Å². The van der Waals surface area contributed by atoms with Crippen molar-refractivity contribution >= 4 is 17.5 Å². The van der Waals surface area contributed by atoms with Gasteiger partial charge in [-0.2, -0.15) is 0 Å². The van der Waals surface area contributed by atoms with E-state index >= 15 is 0 Å². The molecule has 2 rings (SSSR count). The van der Waals surface area contributed by atoms with Crippen molar-refractivity contribution in [2.45, 2.75) is 40.0 Å². The molecule has 0 atom stereocenters. The van der Waals surface area contributed by atoms with Gasteiger partial charge in [0.25, 0.3) is 0 Å². The molecule has 0 bridgehead atoms. The quantitative estimate of drug-likeness (QED) is 0.470. The number of phenolic OH excluding ortho intramolecular Hbond substituents is 1. The van der Waals surface area contributed by atoms with E-state index < -0.39 is 0 Å². The fourth-order valence-corrected chi connectivity index (χ4v) is 2.96. The summed E-state index contributed by atoms with van der Waals surface area (Å²) in [6.07, 6.45) is 5.61. The second-order valence-electron chi connectivity index (χ2n) is 6.36. The molecule has 2 aromatic rings. The molecule has 144 valence electrons. The number of anilines is 1. The van der Waals surface area contributed by atoms with E-state index in [2.05, 4.69) is 5.32 Å². The number of ketones is 1. The Morgan fingerprint density at radius 1 is 1.15 bits per heavy atom. The number of aromatic hydroxyl groups is 1.